The van der Waals surface area contributed by atoms with Crippen molar-refractivity contribution in [2.24, 2.45) is 0 Å². The topological polar surface area (TPSA) is 55.8 Å². The van der Waals surface area contributed by atoms with Gasteiger partial charge in [-0.05, 0) is 25.0 Å². The second-order valence-corrected chi connectivity index (χ2v) is 7.88. The van der Waals surface area contributed by atoms with Gasteiger partial charge in [0.15, 0.2) is 0 Å². The molecule has 0 saturated carbocycles. The third-order valence-corrected chi connectivity index (χ3v) is 5.73. The zero-order valence-electron chi connectivity index (χ0n) is 15.3. The molecule has 6 heteroatoms. The molecule has 0 heterocycles. The smallest absolute Gasteiger partial charge is 0.333 e. The van der Waals surface area contributed by atoms with Gasteiger partial charge in [0.1, 0.15) is 6.16 Å². The van der Waals surface area contributed by atoms with E-state index in [0.717, 1.165) is 11.1 Å². The first-order valence-electron chi connectivity index (χ1n) is 8.80. The van der Waals surface area contributed by atoms with Crippen molar-refractivity contribution in [2.75, 3.05) is 19.4 Å². The summed E-state index contributed by atoms with van der Waals surface area (Å²) in [4.78, 5) is 14.6. The quantitative estimate of drug-likeness (QED) is 0.575. The van der Waals surface area contributed by atoms with Crippen LogP contribution in [-0.2, 0) is 31.5 Å². The maximum atomic E-state index is 12.9. The number of hydrogen-bond donors (Lipinski definition) is 0. The first kappa shape index (κ1) is 20.4. The fourth-order valence-electron chi connectivity index (χ4n) is 2.63. The highest BCUT2D eigenvalue weighted by Gasteiger charge is 2.30. The van der Waals surface area contributed by atoms with Crippen LogP contribution in [0.2, 0.25) is 0 Å². The first-order chi connectivity index (χ1) is 12.6. The summed E-state index contributed by atoms with van der Waals surface area (Å²) in [6.07, 6.45) is -0.256. The van der Waals surface area contributed by atoms with Crippen LogP contribution in [0.4, 0.5) is 0 Å². The van der Waals surface area contributed by atoms with Gasteiger partial charge in [0.2, 0.25) is 5.91 Å². The van der Waals surface area contributed by atoms with Crippen molar-refractivity contribution in [2.45, 2.75) is 26.9 Å². The van der Waals surface area contributed by atoms with E-state index in [-0.39, 0.29) is 25.3 Å². The molecule has 140 valence electrons. The van der Waals surface area contributed by atoms with Gasteiger partial charge in [-0.2, -0.15) is 0 Å². The molecule has 0 aromatic heterocycles. The zero-order valence-corrected chi connectivity index (χ0v) is 16.2. The van der Waals surface area contributed by atoms with Crippen LogP contribution in [0.5, 0.6) is 0 Å². The Labute approximate surface area is 155 Å². The zero-order chi connectivity index (χ0) is 18.8. The monoisotopic (exact) mass is 375 g/mol. The van der Waals surface area contributed by atoms with Crippen molar-refractivity contribution in [1.82, 2.24) is 4.90 Å². The summed E-state index contributed by atoms with van der Waals surface area (Å²) < 4.78 is 23.3. The molecule has 0 aliphatic carbocycles. The molecule has 0 atom stereocenters. The summed E-state index contributed by atoms with van der Waals surface area (Å²) in [5.74, 6) is -0.247. The standard InChI is InChI=1S/C20H26NO4P/c1-3-24-26(23,25-4-2)17-20(22)21(15-18-11-7-5-8-12-18)16-19-13-9-6-10-14-19/h5-14H,3-4,15-17H2,1-2H3. The second kappa shape index (κ2) is 10.3. The molecule has 0 aliphatic heterocycles. The van der Waals surface area contributed by atoms with Crippen LogP contribution in [0.25, 0.3) is 0 Å². The minimum atomic E-state index is -3.43. The fourth-order valence-corrected chi connectivity index (χ4v) is 4.20. The van der Waals surface area contributed by atoms with E-state index in [1.807, 2.05) is 60.7 Å². The number of nitrogens with zero attached hydrogens (tertiary/aromatic N) is 1. The molecule has 26 heavy (non-hydrogen) atoms. The molecule has 0 saturated heterocycles. The molecule has 0 aliphatic rings. The molecule has 0 spiro atoms. The maximum absolute atomic E-state index is 12.9. The SMILES string of the molecule is CCOP(=O)(CC(=O)N(Cc1ccccc1)Cc1ccccc1)OCC. The van der Waals surface area contributed by atoms with Gasteiger partial charge in [0.25, 0.3) is 0 Å². The normalized spacial score (nSPS) is 11.3. The van der Waals surface area contributed by atoms with Crippen molar-refractivity contribution in [3.05, 3.63) is 71.8 Å². The van der Waals surface area contributed by atoms with Gasteiger partial charge in [-0.3, -0.25) is 9.36 Å². The highest BCUT2D eigenvalue weighted by Crippen LogP contribution is 2.48. The largest absolute Gasteiger partial charge is 0.340 e. The van der Waals surface area contributed by atoms with Gasteiger partial charge in [-0.1, -0.05) is 60.7 Å². The highest BCUT2D eigenvalue weighted by atomic mass is 31.2. The van der Waals surface area contributed by atoms with E-state index in [4.69, 9.17) is 9.05 Å². The van der Waals surface area contributed by atoms with Gasteiger partial charge in [-0.25, -0.2) is 0 Å². The van der Waals surface area contributed by atoms with Crippen molar-refractivity contribution >= 4 is 13.5 Å². The molecule has 2 aromatic rings. The first-order valence-corrected chi connectivity index (χ1v) is 10.5. The summed E-state index contributed by atoms with van der Waals surface area (Å²) in [5.41, 5.74) is 2.03. The lowest BCUT2D eigenvalue weighted by Crippen LogP contribution is -2.32. The van der Waals surface area contributed by atoms with E-state index < -0.39 is 7.60 Å². The van der Waals surface area contributed by atoms with Gasteiger partial charge < -0.3 is 13.9 Å². The molecule has 2 aromatic carbocycles. The highest BCUT2D eigenvalue weighted by molar-refractivity contribution is 7.54. The van der Waals surface area contributed by atoms with Crippen LogP contribution in [0.15, 0.2) is 60.7 Å². The number of amides is 1. The molecular formula is C20H26NO4P. The van der Waals surface area contributed by atoms with Crippen molar-refractivity contribution < 1.29 is 18.4 Å². The summed E-state index contributed by atoms with van der Waals surface area (Å²) in [6.45, 7) is 4.83. The number of hydrogen-bond acceptors (Lipinski definition) is 4. The lowest BCUT2D eigenvalue weighted by atomic mass is 10.1. The van der Waals surface area contributed by atoms with Crippen LogP contribution in [-0.4, -0.2) is 30.2 Å². The molecule has 0 fully saturated rings. The summed E-state index contributed by atoms with van der Waals surface area (Å²) >= 11 is 0. The minimum absolute atomic E-state index is 0.238. The Morgan fingerprint density at radius 2 is 1.27 bits per heavy atom. The van der Waals surface area contributed by atoms with E-state index >= 15 is 0 Å². The fraction of sp³-hybridized carbons (Fsp3) is 0.350. The van der Waals surface area contributed by atoms with E-state index in [2.05, 4.69) is 0 Å². The summed E-state index contributed by atoms with van der Waals surface area (Å²) in [5, 5.41) is 0. The van der Waals surface area contributed by atoms with Crippen molar-refractivity contribution in [1.29, 1.82) is 0 Å². The molecule has 0 bridgehead atoms. The minimum Gasteiger partial charge on any atom is -0.333 e. The van der Waals surface area contributed by atoms with Crippen LogP contribution < -0.4 is 0 Å². The van der Waals surface area contributed by atoms with Gasteiger partial charge in [0.05, 0.1) is 13.2 Å². The van der Waals surface area contributed by atoms with Gasteiger partial charge in [0, 0.05) is 13.1 Å². The van der Waals surface area contributed by atoms with Crippen LogP contribution >= 0.6 is 7.60 Å². The van der Waals surface area contributed by atoms with E-state index in [1.54, 1.807) is 18.7 Å². The molecule has 0 N–H and O–H groups in total. The van der Waals surface area contributed by atoms with Crippen molar-refractivity contribution in [3.63, 3.8) is 0 Å². The average Bonchev–Trinajstić information content (AvgIpc) is 2.63. The molecule has 0 radical (unpaired) electrons. The number of rotatable bonds is 10. The van der Waals surface area contributed by atoms with Gasteiger partial charge >= 0.3 is 7.60 Å². The third-order valence-electron chi connectivity index (χ3n) is 3.77. The predicted octanol–water partition coefficient (Wildman–Crippen LogP) is 4.48. The van der Waals surface area contributed by atoms with Crippen LogP contribution in [0.3, 0.4) is 0 Å². The Hall–Kier alpha value is -1.94. The van der Waals surface area contributed by atoms with Crippen LogP contribution in [0, 0.1) is 0 Å². The average molecular weight is 375 g/mol. The Morgan fingerprint density at radius 1 is 0.846 bits per heavy atom. The lowest BCUT2D eigenvalue weighted by Gasteiger charge is -2.25. The summed E-state index contributed by atoms with van der Waals surface area (Å²) in [6, 6.07) is 19.5. The predicted molar refractivity (Wildman–Crippen MR) is 103 cm³/mol. The van der Waals surface area contributed by atoms with E-state index in [0.29, 0.717) is 13.1 Å². The second-order valence-electron chi connectivity index (χ2n) is 5.83. The van der Waals surface area contributed by atoms with Crippen LogP contribution in [0.1, 0.15) is 25.0 Å². The van der Waals surface area contributed by atoms with Crippen molar-refractivity contribution in [3.8, 4) is 0 Å². The number of benzene rings is 2. The Morgan fingerprint density at radius 3 is 1.65 bits per heavy atom. The molecule has 2 rings (SSSR count). The maximum Gasteiger partial charge on any atom is 0.340 e. The summed E-state index contributed by atoms with van der Waals surface area (Å²) in [7, 11) is -3.43. The van der Waals surface area contributed by atoms with E-state index in [1.165, 1.54) is 0 Å². The molecule has 5 nitrogen and oxygen atoms in total. The number of carbonyl (C=O) groups is 1. The molecule has 0 unspecified atom stereocenters. The van der Waals surface area contributed by atoms with E-state index in [9.17, 15) is 9.36 Å². The van der Waals surface area contributed by atoms with Gasteiger partial charge in [-0.15, -0.1) is 0 Å². The molecular weight excluding hydrogens is 349 g/mol. The third kappa shape index (κ3) is 6.41. The lowest BCUT2D eigenvalue weighted by molar-refractivity contribution is -0.130. The molecule has 1 amide bonds. The Balaban J connectivity index is 2.18. The number of carbonyl (C=O) groups excluding carboxylic acids is 1. The Bertz CT molecular complexity index is 670. The Kier molecular flexibility index (Phi) is 8.05.